The van der Waals surface area contributed by atoms with Gasteiger partial charge in [-0.25, -0.2) is 0 Å². The van der Waals surface area contributed by atoms with Gasteiger partial charge in [-0.2, -0.15) is 0 Å². The Morgan fingerprint density at radius 2 is 0.277 bits per heavy atom. The van der Waals surface area contributed by atoms with Gasteiger partial charge in [-0.05, 0) is 90.8 Å². The third-order valence-corrected chi connectivity index (χ3v) is 22.6. The van der Waals surface area contributed by atoms with Crippen LogP contribution in [0.3, 0.4) is 0 Å². The number of unbranched alkanes of at least 4 members (excludes halogenated alkanes) is 14. The molecule has 0 aromatic carbocycles. The Morgan fingerprint density at radius 1 is 0.161 bits per heavy atom. The van der Waals surface area contributed by atoms with Crippen molar-refractivity contribution < 1.29 is 138 Å². The summed E-state index contributed by atoms with van der Waals surface area (Å²) in [7, 11) is 0. The fourth-order valence-electron chi connectivity index (χ4n) is 15.7. The number of aliphatic hydroxyl groups excluding tert-OH is 14. The molecule has 112 heavy (non-hydrogen) atoms. The fraction of sp³-hybridized carbons (Fsp3) is 1.00. The van der Waals surface area contributed by atoms with E-state index in [9.17, 15) is 71.5 Å². The smallest absolute Gasteiger partial charge is 0.187 e. The third-order valence-electron chi connectivity index (χ3n) is 22.6. The maximum Gasteiger partial charge on any atom is 0.187 e. The maximum absolute atomic E-state index is 12.4. The number of nitrogens with one attached hydrogen (secondary N) is 7. The molecule has 0 aliphatic carbocycles. The average Bonchev–Trinajstić information content (AvgIpc) is 0.778. The van der Waals surface area contributed by atoms with Crippen molar-refractivity contribution in [1.29, 1.82) is 0 Å². The number of rotatable bonds is 42. The second-order valence-electron chi connectivity index (χ2n) is 31.8. The van der Waals surface area contributed by atoms with Crippen molar-refractivity contribution in [2.24, 2.45) is 0 Å². The summed E-state index contributed by atoms with van der Waals surface area (Å²) in [5.74, 6) is 0. The molecule has 0 saturated carbocycles. The van der Waals surface area contributed by atoms with Crippen LogP contribution in [0.25, 0.3) is 0 Å². The van der Waals surface area contributed by atoms with Gasteiger partial charge in [0.15, 0.2) is 44.0 Å². The van der Waals surface area contributed by atoms with Crippen LogP contribution < -0.4 is 37.2 Å². The number of aliphatic hydroxyl groups is 14. The van der Waals surface area contributed by atoms with Crippen LogP contribution in [0.5, 0.6) is 0 Å². The third kappa shape index (κ3) is 27.0. The van der Waals surface area contributed by atoms with Crippen molar-refractivity contribution in [2.75, 3.05) is 91.6 Å². The summed E-state index contributed by atoms with van der Waals surface area (Å²) in [4.78, 5) is 0. The molecular weight excluding hydrogens is 1470 g/mol. The Morgan fingerprint density at radius 3 is 0.384 bits per heavy atom. The second kappa shape index (κ2) is 50.7. The van der Waals surface area contributed by atoms with Crippen LogP contribution in [-0.2, 0) is 66.3 Å². The van der Waals surface area contributed by atoms with Gasteiger partial charge in [0.1, 0.15) is 171 Å². The topological polar surface area (TPSA) is 497 Å². The predicted molar refractivity (Wildman–Crippen MR) is 406 cm³/mol. The maximum atomic E-state index is 12.4. The van der Waals surface area contributed by atoms with Crippen molar-refractivity contribution in [3.63, 3.8) is 0 Å². The van der Waals surface area contributed by atoms with Crippen LogP contribution in [-0.4, -0.2) is 378 Å². The number of hydrogen-bond acceptors (Lipinski definition) is 35. The van der Waals surface area contributed by atoms with Crippen LogP contribution in [0.1, 0.15) is 183 Å². The highest BCUT2D eigenvalue weighted by Gasteiger charge is 2.60. The molecule has 21 N–H and O–H groups in total. The summed E-state index contributed by atoms with van der Waals surface area (Å²) in [5, 5.41) is 196. The van der Waals surface area contributed by atoms with Gasteiger partial charge in [0.2, 0.25) is 0 Å². The number of ether oxygens (including phenoxy) is 14. The van der Waals surface area contributed by atoms with E-state index >= 15 is 0 Å². The van der Waals surface area contributed by atoms with E-state index in [0.717, 1.165) is 135 Å². The van der Waals surface area contributed by atoms with Crippen LogP contribution >= 0.6 is 0 Å². The van der Waals surface area contributed by atoms with E-state index in [0.29, 0.717) is 45.8 Å². The van der Waals surface area contributed by atoms with Gasteiger partial charge in [-0.3, -0.25) is 0 Å². The quantitative estimate of drug-likeness (QED) is 0.0276. The van der Waals surface area contributed by atoms with Crippen molar-refractivity contribution in [2.45, 2.75) is 398 Å². The molecule has 0 unspecified atom stereocenters. The molecule has 21 heterocycles. The molecule has 658 valence electrons. The number of hydrogen-bond donors (Lipinski definition) is 21. The summed E-state index contributed by atoms with van der Waals surface area (Å²) in [5.41, 5.74) is 0. The van der Waals surface area contributed by atoms with Gasteiger partial charge in [0.05, 0.1) is 0 Å². The van der Waals surface area contributed by atoms with E-state index in [1.54, 1.807) is 0 Å². The van der Waals surface area contributed by atoms with E-state index in [-0.39, 0.29) is 45.8 Å². The first kappa shape index (κ1) is 96.1. The monoisotopic (exact) mass is 1620 g/mol. The molecule has 0 aromatic rings. The van der Waals surface area contributed by atoms with Crippen LogP contribution in [0, 0.1) is 0 Å². The first-order chi connectivity index (χ1) is 54.2. The second-order valence-corrected chi connectivity index (χ2v) is 31.8. The average molecular weight is 1620 g/mol. The van der Waals surface area contributed by atoms with Gasteiger partial charge >= 0.3 is 0 Å². The highest BCUT2D eigenvalue weighted by molar-refractivity contribution is 5.03. The van der Waals surface area contributed by atoms with Gasteiger partial charge < -0.3 is 175 Å². The molecule has 0 amide bonds. The molecule has 21 rings (SSSR count). The zero-order valence-electron chi connectivity index (χ0n) is 67.4. The lowest BCUT2D eigenvalue weighted by Crippen LogP contribution is -2.69. The van der Waals surface area contributed by atoms with Crippen molar-refractivity contribution in [3.8, 4) is 0 Å². The Balaban J connectivity index is 1.20. The highest BCUT2D eigenvalue weighted by atomic mass is 16.8. The molecule has 14 bridgehead atoms. The minimum atomic E-state index is -1.98. The molecular formula is C77H147N7O28. The molecule has 21 fully saturated rings. The van der Waals surface area contributed by atoms with Crippen molar-refractivity contribution in [1.82, 2.24) is 37.2 Å². The predicted octanol–water partition coefficient (Wildman–Crippen LogP) is -2.72. The first-order valence-corrected chi connectivity index (χ1v) is 42.8. The largest absolute Gasteiger partial charge is 0.387 e. The SMILES string of the molecule is CCCCCNC[C@H]1O[C@@H]2O[C@H]3[C@H](O)[C@@H](O)[C@@H](O[C@H]4[C@H](O)[C@@H](O)[C@@H](O[C@H]5[C@H](O)[C@@H](O)[C@@H](O[C@H]6[C@H](O)[C@@H](O)[C@@H](O[C@H]7[C@H](O)[C@@H](O)[C@@H](O[C@H]8[C@H](O)[C@@H](O)[C@@H](O[C@H]1[C@H](O)[C@H]2O)O[C@@H]8CNCCCCC)O[C@@H]7CNCCCCC)O[C@@H]6CNCCCCC)O[C@@H]5CNCCCCC)O[C@@H]4CNCCCCC)O[C@@H]3CNCCCCC. The highest BCUT2D eigenvalue weighted by Crippen LogP contribution is 2.39. The minimum Gasteiger partial charge on any atom is -0.387 e. The molecule has 0 spiro atoms. The van der Waals surface area contributed by atoms with E-state index in [1.165, 1.54) is 0 Å². The zero-order valence-corrected chi connectivity index (χ0v) is 67.4. The summed E-state index contributed by atoms with van der Waals surface area (Å²) in [6.45, 7) is 17.4. The minimum absolute atomic E-state index is 0.0500. The standard InChI is InChI=1S/C77H147N7O28/c1-8-15-22-29-78-36-43-64-50(85)57(92)71(99-43)107-65-44(37-79-30-23-16-9-2)101-73(59(94)52(65)87)109-67-46(39-81-32-25-18-11-4)103-75(61(96)54(67)89)111-69-48(41-83-34-27-20-13-6)105-77(63(98)56(69)91)112-70-49(42-84-35-28-21-14-7)104-76(62(97)55(70)90)110-68-47(40-82-33-26-19-12-5)102-74(60(95)53(68)88)108-66-45(38-80-31-24-17-10-3)100-72(106-64)58(93)51(66)86/h43-98H,8-42H2,1-7H3/t43-,44-,45-,46-,47-,48-,49-,50-,51-,52-,53-,54-,55-,56-,57-,58-,59-,60-,61-,62-,63-,64-,65-,66-,67-,68-,69-,70-,71-,72-,73-,74-,75-,76-,77-/m1/s1. The molecule has 35 atom stereocenters. The molecule has 0 aromatic heterocycles. The fourth-order valence-corrected chi connectivity index (χ4v) is 15.7. The van der Waals surface area contributed by atoms with Crippen molar-refractivity contribution in [3.05, 3.63) is 0 Å². The summed E-state index contributed by atoms with van der Waals surface area (Å²) < 4.78 is 91.6. The van der Waals surface area contributed by atoms with Gasteiger partial charge in [-0.15, -0.1) is 0 Å². The van der Waals surface area contributed by atoms with Gasteiger partial charge in [0, 0.05) is 45.8 Å². The van der Waals surface area contributed by atoms with Gasteiger partial charge in [0.25, 0.3) is 0 Å². The molecule has 0 radical (unpaired) electrons. The summed E-state index contributed by atoms with van der Waals surface area (Å²) in [6.07, 6.45) is -41.5. The van der Waals surface area contributed by atoms with Crippen LogP contribution in [0.15, 0.2) is 0 Å². The first-order valence-electron chi connectivity index (χ1n) is 42.8. The van der Waals surface area contributed by atoms with Crippen LogP contribution in [0.4, 0.5) is 0 Å². The van der Waals surface area contributed by atoms with E-state index in [4.69, 9.17) is 66.3 Å². The molecule has 35 heteroatoms. The molecule has 21 aliphatic heterocycles. The normalized spacial score (nSPS) is 41.8. The van der Waals surface area contributed by atoms with Crippen molar-refractivity contribution >= 4 is 0 Å². The van der Waals surface area contributed by atoms with E-state index in [2.05, 4.69) is 85.7 Å². The lowest BCUT2D eigenvalue weighted by Gasteiger charge is -2.50. The summed E-state index contributed by atoms with van der Waals surface area (Å²) in [6, 6.07) is 0. The Labute approximate surface area is 662 Å². The lowest BCUT2D eigenvalue weighted by atomic mass is 9.94. The van der Waals surface area contributed by atoms with E-state index in [1.807, 2.05) is 0 Å². The lowest BCUT2D eigenvalue weighted by molar-refractivity contribution is -0.392. The molecule has 21 aliphatic rings. The Kier molecular flexibility index (Phi) is 43.5. The Bertz CT molecular complexity index is 2030. The van der Waals surface area contributed by atoms with Crippen LogP contribution in [0.2, 0.25) is 0 Å². The summed E-state index contributed by atoms with van der Waals surface area (Å²) >= 11 is 0. The zero-order chi connectivity index (χ0) is 80.8. The molecule has 35 nitrogen and oxygen atoms in total. The van der Waals surface area contributed by atoms with E-state index < -0.39 is 215 Å². The molecule has 21 saturated heterocycles. The Hall–Kier alpha value is -1.40. The van der Waals surface area contributed by atoms with Gasteiger partial charge in [-0.1, -0.05) is 138 Å².